The monoisotopic (exact) mass is 255 g/mol. The van der Waals surface area contributed by atoms with Gasteiger partial charge in [0.05, 0.1) is 18.7 Å². The molecule has 1 rings (SSSR count). The first kappa shape index (κ1) is 13.5. The molecule has 17 heavy (non-hydrogen) atoms. The first-order valence-corrected chi connectivity index (χ1v) is 5.48. The Bertz CT molecular complexity index is 445. The van der Waals surface area contributed by atoms with Gasteiger partial charge < -0.3 is 10.1 Å². The Morgan fingerprint density at radius 3 is 2.59 bits per heavy atom. The highest BCUT2D eigenvalue weighted by Gasteiger charge is 2.16. The Kier molecular flexibility index (Phi) is 4.52. The lowest BCUT2D eigenvalue weighted by molar-refractivity contribution is -0.118. The van der Waals surface area contributed by atoms with Gasteiger partial charge in [0, 0.05) is 5.02 Å². The van der Waals surface area contributed by atoms with Crippen LogP contribution in [0.2, 0.25) is 5.02 Å². The fraction of sp³-hybridized carbons (Fsp3) is 0.333. The van der Waals surface area contributed by atoms with Crippen LogP contribution in [0, 0.1) is 0 Å². The molecule has 1 amide bonds. The van der Waals surface area contributed by atoms with Crippen LogP contribution in [0.5, 0.6) is 5.75 Å². The van der Waals surface area contributed by atoms with Crippen molar-refractivity contribution in [3.63, 3.8) is 0 Å². The molecule has 92 valence electrons. The summed E-state index contributed by atoms with van der Waals surface area (Å²) < 4.78 is 5.06. The summed E-state index contributed by atoms with van der Waals surface area (Å²) in [6.07, 6.45) is 0. The van der Waals surface area contributed by atoms with Gasteiger partial charge in [-0.3, -0.25) is 9.59 Å². The first-order chi connectivity index (χ1) is 7.95. The van der Waals surface area contributed by atoms with E-state index in [9.17, 15) is 9.59 Å². The second-order valence-corrected chi connectivity index (χ2v) is 4.09. The normalized spacial score (nSPS) is 11.8. The van der Waals surface area contributed by atoms with Crippen LogP contribution in [-0.2, 0) is 4.79 Å². The molecule has 1 N–H and O–H groups in total. The Morgan fingerprint density at radius 1 is 1.41 bits per heavy atom. The van der Waals surface area contributed by atoms with Gasteiger partial charge in [0.15, 0.2) is 5.78 Å². The predicted octanol–water partition coefficient (Wildman–Crippen LogP) is 2.06. The van der Waals surface area contributed by atoms with Crippen LogP contribution in [0.4, 0.5) is 0 Å². The number of amides is 1. The van der Waals surface area contributed by atoms with E-state index >= 15 is 0 Å². The zero-order valence-corrected chi connectivity index (χ0v) is 10.7. The van der Waals surface area contributed by atoms with Gasteiger partial charge in [-0.05, 0) is 32.0 Å². The second kappa shape index (κ2) is 5.68. The van der Waals surface area contributed by atoms with Crippen molar-refractivity contribution in [2.45, 2.75) is 19.9 Å². The van der Waals surface area contributed by atoms with Crippen molar-refractivity contribution in [3.8, 4) is 5.75 Å². The van der Waals surface area contributed by atoms with E-state index in [1.807, 2.05) is 0 Å². The molecule has 0 radical (unpaired) electrons. The van der Waals surface area contributed by atoms with Gasteiger partial charge in [-0.25, -0.2) is 0 Å². The van der Waals surface area contributed by atoms with Crippen molar-refractivity contribution < 1.29 is 14.3 Å². The van der Waals surface area contributed by atoms with E-state index in [-0.39, 0.29) is 11.7 Å². The Labute approximate surface area is 105 Å². The van der Waals surface area contributed by atoms with Crippen LogP contribution < -0.4 is 10.1 Å². The Morgan fingerprint density at radius 2 is 2.06 bits per heavy atom. The maximum Gasteiger partial charge on any atom is 0.255 e. The maximum atomic E-state index is 11.9. The number of carbonyl (C=O) groups excluding carboxylic acids is 2. The quantitative estimate of drug-likeness (QED) is 0.896. The molecule has 0 spiro atoms. The lowest BCUT2D eigenvalue weighted by Crippen LogP contribution is -2.37. The van der Waals surface area contributed by atoms with Crippen molar-refractivity contribution in [3.05, 3.63) is 28.8 Å². The average molecular weight is 256 g/mol. The Hall–Kier alpha value is -1.55. The molecular formula is C12H14ClNO3. The summed E-state index contributed by atoms with van der Waals surface area (Å²) in [7, 11) is 1.46. The van der Waals surface area contributed by atoms with Gasteiger partial charge in [-0.15, -0.1) is 0 Å². The smallest absolute Gasteiger partial charge is 0.255 e. The van der Waals surface area contributed by atoms with Gasteiger partial charge in [-0.1, -0.05) is 11.6 Å². The van der Waals surface area contributed by atoms with Crippen molar-refractivity contribution in [2.24, 2.45) is 0 Å². The topological polar surface area (TPSA) is 55.4 Å². The molecule has 0 aliphatic carbocycles. The maximum absolute atomic E-state index is 11.9. The molecule has 1 aromatic carbocycles. The highest BCUT2D eigenvalue weighted by molar-refractivity contribution is 6.30. The standard InChI is InChI=1S/C12H14ClNO3/c1-7(8(2)15)14-12(16)10-5-4-9(13)6-11(10)17-3/h4-7H,1-3H3,(H,14,16). The zero-order chi connectivity index (χ0) is 13.0. The van der Waals surface area contributed by atoms with Gasteiger partial charge in [-0.2, -0.15) is 0 Å². The summed E-state index contributed by atoms with van der Waals surface area (Å²) in [4.78, 5) is 22.9. The van der Waals surface area contributed by atoms with E-state index in [2.05, 4.69) is 5.32 Å². The number of rotatable bonds is 4. The van der Waals surface area contributed by atoms with Crippen LogP contribution in [0.15, 0.2) is 18.2 Å². The number of Topliss-reactive ketones (excluding diaryl/α,β-unsaturated/α-hetero) is 1. The number of hydrogen-bond acceptors (Lipinski definition) is 3. The van der Waals surface area contributed by atoms with E-state index in [0.29, 0.717) is 16.3 Å². The SMILES string of the molecule is COc1cc(Cl)ccc1C(=O)NC(C)C(C)=O. The number of benzene rings is 1. The molecule has 0 saturated heterocycles. The fourth-order valence-corrected chi connectivity index (χ4v) is 1.39. The second-order valence-electron chi connectivity index (χ2n) is 3.65. The van der Waals surface area contributed by atoms with Crippen LogP contribution in [0.1, 0.15) is 24.2 Å². The number of hydrogen-bond donors (Lipinski definition) is 1. The highest BCUT2D eigenvalue weighted by atomic mass is 35.5. The number of carbonyl (C=O) groups is 2. The molecule has 4 nitrogen and oxygen atoms in total. The minimum Gasteiger partial charge on any atom is -0.496 e. The Balaban J connectivity index is 2.92. The zero-order valence-electron chi connectivity index (χ0n) is 9.91. The third-order valence-corrected chi connectivity index (χ3v) is 2.60. The average Bonchev–Trinajstić information content (AvgIpc) is 2.28. The summed E-state index contributed by atoms with van der Waals surface area (Å²) in [5.74, 6) is -0.0850. The van der Waals surface area contributed by atoms with Gasteiger partial charge in [0.2, 0.25) is 0 Å². The van der Waals surface area contributed by atoms with Gasteiger partial charge in [0.1, 0.15) is 5.75 Å². The summed E-state index contributed by atoms with van der Waals surface area (Å²) in [6.45, 7) is 3.05. The van der Waals surface area contributed by atoms with Crippen molar-refractivity contribution in [2.75, 3.05) is 7.11 Å². The molecule has 0 fully saturated rings. The minimum absolute atomic E-state index is 0.105. The van der Waals surface area contributed by atoms with Crippen LogP contribution in [-0.4, -0.2) is 24.8 Å². The number of methoxy groups -OCH3 is 1. The van der Waals surface area contributed by atoms with E-state index in [4.69, 9.17) is 16.3 Å². The number of ketones is 1. The third-order valence-electron chi connectivity index (χ3n) is 2.37. The molecule has 5 heteroatoms. The largest absolute Gasteiger partial charge is 0.496 e. The molecule has 0 aromatic heterocycles. The molecule has 0 bridgehead atoms. The lowest BCUT2D eigenvalue weighted by Gasteiger charge is -2.12. The van der Waals surface area contributed by atoms with E-state index in [1.165, 1.54) is 14.0 Å². The van der Waals surface area contributed by atoms with Gasteiger partial charge >= 0.3 is 0 Å². The first-order valence-electron chi connectivity index (χ1n) is 5.10. The molecule has 0 heterocycles. The number of nitrogens with one attached hydrogen (secondary N) is 1. The minimum atomic E-state index is -0.525. The van der Waals surface area contributed by atoms with Crippen LogP contribution >= 0.6 is 11.6 Å². The summed E-state index contributed by atoms with van der Waals surface area (Å²) >= 11 is 5.79. The molecule has 1 atom stereocenters. The molecule has 1 aromatic rings. The molecule has 0 aliphatic heterocycles. The van der Waals surface area contributed by atoms with Crippen molar-refractivity contribution >= 4 is 23.3 Å². The third kappa shape index (κ3) is 3.46. The van der Waals surface area contributed by atoms with E-state index in [1.54, 1.807) is 25.1 Å². The molecular weight excluding hydrogens is 242 g/mol. The predicted molar refractivity (Wildman–Crippen MR) is 65.6 cm³/mol. The molecule has 0 aliphatic rings. The van der Waals surface area contributed by atoms with Crippen LogP contribution in [0.3, 0.4) is 0 Å². The summed E-state index contributed by atoms with van der Waals surface area (Å²) in [5.41, 5.74) is 0.352. The number of halogens is 1. The molecule has 0 saturated carbocycles. The summed E-state index contributed by atoms with van der Waals surface area (Å²) in [6, 6.07) is 4.18. The van der Waals surface area contributed by atoms with Crippen molar-refractivity contribution in [1.29, 1.82) is 0 Å². The van der Waals surface area contributed by atoms with Crippen LogP contribution in [0.25, 0.3) is 0 Å². The fourth-order valence-electron chi connectivity index (χ4n) is 1.23. The lowest BCUT2D eigenvalue weighted by atomic mass is 10.1. The van der Waals surface area contributed by atoms with E-state index in [0.717, 1.165) is 0 Å². The van der Waals surface area contributed by atoms with E-state index < -0.39 is 6.04 Å². The van der Waals surface area contributed by atoms with Gasteiger partial charge in [0.25, 0.3) is 5.91 Å². The molecule has 1 unspecified atom stereocenters. The number of ether oxygens (including phenoxy) is 1. The highest BCUT2D eigenvalue weighted by Crippen LogP contribution is 2.23. The summed E-state index contributed by atoms with van der Waals surface area (Å²) in [5, 5.41) is 3.06. The van der Waals surface area contributed by atoms with Crippen molar-refractivity contribution in [1.82, 2.24) is 5.32 Å².